The topological polar surface area (TPSA) is 110 Å². The van der Waals surface area contributed by atoms with Crippen LogP contribution in [-0.4, -0.2) is 41.5 Å². The number of aromatic nitrogens is 6. The molecule has 0 bridgehead atoms. The lowest BCUT2D eigenvalue weighted by atomic mass is 10.1. The lowest BCUT2D eigenvalue weighted by Crippen LogP contribution is -2.37. The second-order valence-electron chi connectivity index (χ2n) is 3.75. The maximum atomic E-state index is 11.1. The third-order valence-corrected chi connectivity index (χ3v) is 2.26. The number of nitrogens with one attached hydrogen (secondary N) is 1. The Labute approximate surface area is 90.3 Å². The van der Waals surface area contributed by atoms with Crippen molar-refractivity contribution in [3.05, 3.63) is 12.3 Å². The van der Waals surface area contributed by atoms with Crippen LogP contribution in [0.4, 0.5) is 0 Å². The smallest absolute Gasteiger partial charge is 0.331 e. The first-order valence-corrected chi connectivity index (χ1v) is 4.55. The summed E-state index contributed by atoms with van der Waals surface area (Å²) in [6.45, 7) is 3.04. The molecule has 0 aliphatic heterocycles. The molecule has 2 heterocycles. The monoisotopic (exact) mass is 222 g/mol. The van der Waals surface area contributed by atoms with E-state index in [1.165, 1.54) is 18.5 Å². The van der Waals surface area contributed by atoms with Crippen LogP contribution in [0.2, 0.25) is 0 Å². The van der Waals surface area contributed by atoms with Gasteiger partial charge in [0.2, 0.25) is 5.82 Å². The molecule has 0 atom stereocenters. The largest absolute Gasteiger partial charge is 0.479 e. The van der Waals surface area contributed by atoms with Crippen LogP contribution < -0.4 is 0 Å². The third-order valence-electron chi connectivity index (χ3n) is 2.26. The second-order valence-corrected chi connectivity index (χ2v) is 3.75. The maximum Gasteiger partial charge on any atom is 0.331 e. The number of rotatable bonds is 3. The van der Waals surface area contributed by atoms with Crippen molar-refractivity contribution in [2.24, 2.45) is 0 Å². The van der Waals surface area contributed by atoms with Crippen molar-refractivity contribution in [1.82, 2.24) is 30.4 Å². The molecule has 16 heavy (non-hydrogen) atoms. The number of carbonyl (C=O) groups is 1. The first-order chi connectivity index (χ1) is 7.53. The van der Waals surface area contributed by atoms with E-state index in [1.54, 1.807) is 12.3 Å². The summed E-state index contributed by atoms with van der Waals surface area (Å²) in [5, 5.41) is 26.5. The predicted octanol–water partition coefficient (Wildman–Crippen LogP) is -0.117. The molecule has 0 spiro atoms. The van der Waals surface area contributed by atoms with Crippen LogP contribution in [0, 0.1) is 0 Å². The summed E-state index contributed by atoms with van der Waals surface area (Å²) >= 11 is 0. The fourth-order valence-electron chi connectivity index (χ4n) is 1.20. The number of H-pyrrole nitrogens is 1. The van der Waals surface area contributed by atoms with Gasteiger partial charge in [-0.1, -0.05) is 0 Å². The minimum Gasteiger partial charge on any atom is -0.479 e. The van der Waals surface area contributed by atoms with Gasteiger partial charge >= 0.3 is 5.97 Å². The molecule has 0 aromatic carbocycles. The molecule has 2 aromatic heterocycles. The van der Waals surface area contributed by atoms with E-state index >= 15 is 0 Å². The van der Waals surface area contributed by atoms with Crippen molar-refractivity contribution in [3.8, 4) is 11.5 Å². The number of tetrazole rings is 1. The standard InChI is InChI=1S/C8H10N6O2/c1-8(2,7(15)16)14-6(11-12-13-14)5-3-4-9-10-5/h3-4H,1-2H3,(H,9,10)(H,15,16). The zero-order chi connectivity index (χ0) is 11.8. The summed E-state index contributed by atoms with van der Waals surface area (Å²) in [7, 11) is 0. The van der Waals surface area contributed by atoms with Crippen LogP contribution in [0.15, 0.2) is 12.3 Å². The Balaban J connectivity index is 2.52. The Morgan fingerprint density at radius 3 is 2.88 bits per heavy atom. The number of hydrogen-bond donors (Lipinski definition) is 2. The highest BCUT2D eigenvalue weighted by molar-refractivity contribution is 5.76. The summed E-state index contributed by atoms with van der Waals surface area (Å²) in [4.78, 5) is 11.1. The summed E-state index contributed by atoms with van der Waals surface area (Å²) in [5.41, 5.74) is -0.649. The van der Waals surface area contributed by atoms with Gasteiger partial charge < -0.3 is 5.11 Å². The van der Waals surface area contributed by atoms with Crippen LogP contribution in [-0.2, 0) is 10.3 Å². The molecule has 2 N–H and O–H groups in total. The van der Waals surface area contributed by atoms with Gasteiger partial charge in [0.15, 0.2) is 5.54 Å². The molecule has 8 heteroatoms. The quantitative estimate of drug-likeness (QED) is 0.749. The van der Waals surface area contributed by atoms with Gasteiger partial charge in [0.25, 0.3) is 0 Å². The predicted molar refractivity (Wildman–Crippen MR) is 52.4 cm³/mol. The van der Waals surface area contributed by atoms with E-state index in [2.05, 4.69) is 25.7 Å². The minimum atomic E-state index is -1.22. The van der Waals surface area contributed by atoms with E-state index in [1.807, 2.05) is 0 Å². The maximum absolute atomic E-state index is 11.1. The van der Waals surface area contributed by atoms with E-state index in [0.29, 0.717) is 11.5 Å². The van der Waals surface area contributed by atoms with Crippen LogP contribution in [0.1, 0.15) is 13.8 Å². The molecule has 0 amide bonds. The fourth-order valence-corrected chi connectivity index (χ4v) is 1.20. The van der Waals surface area contributed by atoms with Crippen LogP contribution in [0.25, 0.3) is 11.5 Å². The molecule has 0 saturated heterocycles. The van der Waals surface area contributed by atoms with Gasteiger partial charge in [-0.3, -0.25) is 5.10 Å². The van der Waals surface area contributed by atoms with Crippen molar-refractivity contribution >= 4 is 5.97 Å². The lowest BCUT2D eigenvalue weighted by Gasteiger charge is -2.19. The van der Waals surface area contributed by atoms with E-state index in [4.69, 9.17) is 5.11 Å². The highest BCUT2D eigenvalue weighted by Gasteiger charge is 2.34. The van der Waals surface area contributed by atoms with Crippen molar-refractivity contribution in [2.45, 2.75) is 19.4 Å². The number of aromatic amines is 1. The molecule has 0 unspecified atom stereocenters. The van der Waals surface area contributed by atoms with E-state index in [0.717, 1.165) is 0 Å². The number of aliphatic carboxylic acids is 1. The van der Waals surface area contributed by atoms with Crippen molar-refractivity contribution in [3.63, 3.8) is 0 Å². The Bertz CT molecular complexity index is 500. The Morgan fingerprint density at radius 1 is 1.56 bits per heavy atom. The zero-order valence-electron chi connectivity index (χ0n) is 8.75. The molecule has 2 aromatic rings. The molecule has 84 valence electrons. The molecule has 0 fully saturated rings. The van der Waals surface area contributed by atoms with E-state index in [-0.39, 0.29) is 0 Å². The first kappa shape index (κ1) is 10.3. The second kappa shape index (κ2) is 3.40. The molecule has 2 rings (SSSR count). The van der Waals surface area contributed by atoms with E-state index < -0.39 is 11.5 Å². The number of nitrogens with zero attached hydrogens (tertiary/aromatic N) is 5. The summed E-state index contributed by atoms with van der Waals surface area (Å²) in [5.74, 6) is -0.675. The van der Waals surface area contributed by atoms with Crippen LogP contribution >= 0.6 is 0 Å². The highest BCUT2D eigenvalue weighted by atomic mass is 16.4. The van der Waals surface area contributed by atoms with Gasteiger partial charge in [0, 0.05) is 6.20 Å². The first-order valence-electron chi connectivity index (χ1n) is 4.55. The van der Waals surface area contributed by atoms with Crippen LogP contribution in [0.5, 0.6) is 0 Å². The molecule has 0 aliphatic rings. The molecular formula is C8H10N6O2. The average molecular weight is 222 g/mol. The molecule has 0 aliphatic carbocycles. The Kier molecular flexibility index (Phi) is 2.18. The van der Waals surface area contributed by atoms with Gasteiger partial charge in [-0.05, 0) is 30.3 Å². The minimum absolute atomic E-state index is 0.338. The van der Waals surface area contributed by atoms with Gasteiger partial charge in [0.1, 0.15) is 5.69 Å². The van der Waals surface area contributed by atoms with Crippen molar-refractivity contribution in [1.29, 1.82) is 0 Å². The fraction of sp³-hybridized carbons (Fsp3) is 0.375. The normalized spacial score (nSPS) is 11.6. The molecule has 8 nitrogen and oxygen atoms in total. The third kappa shape index (κ3) is 1.44. The van der Waals surface area contributed by atoms with E-state index in [9.17, 15) is 4.79 Å². The highest BCUT2D eigenvalue weighted by Crippen LogP contribution is 2.20. The van der Waals surface area contributed by atoms with Gasteiger partial charge in [-0.2, -0.15) is 5.10 Å². The number of carboxylic acid groups (broad SMARTS) is 1. The Hall–Kier alpha value is -2.25. The number of carboxylic acids is 1. The zero-order valence-corrected chi connectivity index (χ0v) is 8.75. The van der Waals surface area contributed by atoms with Crippen molar-refractivity contribution < 1.29 is 9.90 Å². The van der Waals surface area contributed by atoms with Crippen molar-refractivity contribution in [2.75, 3.05) is 0 Å². The average Bonchev–Trinajstić information content (AvgIpc) is 2.88. The Morgan fingerprint density at radius 2 is 2.31 bits per heavy atom. The SMILES string of the molecule is CC(C)(C(=O)O)n1nnnc1-c1ccn[nH]1. The van der Waals surface area contributed by atoms with Crippen LogP contribution in [0.3, 0.4) is 0 Å². The molecule has 0 saturated carbocycles. The van der Waals surface area contributed by atoms with Gasteiger partial charge in [0.05, 0.1) is 0 Å². The molecule has 0 radical (unpaired) electrons. The van der Waals surface area contributed by atoms with Gasteiger partial charge in [-0.25, -0.2) is 9.48 Å². The summed E-state index contributed by atoms with van der Waals surface area (Å²) < 4.78 is 1.24. The lowest BCUT2D eigenvalue weighted by molar-refractivity contribution is -0.146. The molecular weight excluding hydrogens is 212 g/mol. The number of hydrogen-bond acceptors (Lipinski definition) is 5. The summed E-state index contributed by atoms with van der Waals surface area (Å²) in [6, 6.07) is 1.67. The van der Waals surface area contributed by atoms with Gasteiger partial charge in [-0.15, -0.1) is 5.10 Å². The summed E-state index contributed by atoms with van der Waals surface area (Å²) in [6.07, 6.45) is 1.54.